The summed E-state index contributed by atoms with van der Waals surface area (Å²) in [5.74, 6) is -1.69. The van der Waals surface area contributed by atoms with E-state index in [1.807, 2.05) is 6.08 Å². The zero-order valence-corrected chi connectivity index (χ0v) is 28.7. The number of Topliss-reactive ketones (excluding diaryl/α,β-unsaturated/α-hetero) is 1. The summed E-state index contributed by atoms with van der Waals surface area (Å²) in [6, 6.07) is 5.64. The van der Waals surface area contributed by atoms with Crippen molar-refractivity contribution in [3.05, 3.63) is 63.9 Å². The lowest BCUT2D eigenvalue weighted by molar-refractivity contribution is -0.185. The predicted molar refractivity (Wildman–Crippen MR) is 183 cm³/mol. The molecule has 0 bridgehead atoms. The van der Waals surface area contributed by atoms with E-state index < -0.39 is 28.3 Å². The van der Waals surface area contributed by atoms with Crippen LogP contribution in [0.2, 0.25) is 0 Å². The zero-order chi connectivity index (χ0) is 36.5. The molecular weight excluding hydrogens is 644 g/mol. The van der Waals surface area contributed by atoms with Gasteiger partial charge in [-0.2, -0.15) is 0 Å². The molecule has 3 aromatic rings. The fraction of sp³-hybridized carbons (Fsp3) is 0.436. The van der Waals surface area contributed by atoms with E-state index in [0.717, 1.165) is 49.9 Å². The van der Waals surface area contributed by atoms with Crippen molar-refractivity contribution in [1.29, 1.82) is 0 Å². The number of benzene rings is 2. The van der Waals surface area contributed by atoms with Gasteiger partial charge in [-0.25, -0.2) is 0 Å². The first-order valence-corrected chi connectivity index (χ1v) is 16.8. The van der Waals surface area contributed by atoms with Gasteiger partial charge in [-0.1, -0.05) is 25.5 Å². The average molecular weight is 687 g/mol. The molecular formula is C39H42O11. The molecule has 264 valence electrons. The van der Waals surface area contributed by atoms with Crippen LogP contribution in [0.15, 0.2) is 62.8 Å². The lowest BCUT2D eigenvalue weighted by Gasteiger charge is -2.58. The standard InChI is InChI=1S/C24H32O4.C15H10O7/c1-14-12-18-19(22(4)9-6-17(27)13-21(14)22)7-10-23(5)20(18)8-11-24(23,15(2)25)28-16(3)26;16-7-4-10(19)12-11(5-7)22-15(14(21)13(12)20)6-1-2-8(17)9(18)3-6/h12-13,18-20H,6-11H2,1-5H3;1-5,16-19,21H. The van der Waals surface area contributed by atoms with Crippen molar-refractivity contribution >= 4 is 28.5 Å². The van der Waals surface area contributed by atoms with E-state index in [0.29, 0.717) is 30.6 Å². The van der Waals surface area contributed by atoms with E-state index in [-0.39, 0.29) is 62.2 Å². The Morgan fingerprint density at radius 3 is 2.24 bits per heavy atom. The Bertz CT molecular complexity index is 2070. The third-order valence-electron chi connectivity index (χ3n) is 12.0. The molecule has 0 aliphatic heterocycles. The number of fused-ring (bicyclic) bond motifs is 6. The minimum atomic E-state index is -0.990. The normalized spacial score (nSPS) is 29.8. The van der Waals surface area contributed by atoms with Crippen molar-refractivity contribution < 1.29 is 49.1 Å². The molecule has 5 N–H and O–H groups in total. The third-order valence-corrected chi connectivity index (χ3v) is 12.0. The quantitative estimate of drug-likeness (QED) is 0.148. The van der Waals surface area contributed by atoms with Crippen LogP contribution >= 0.6 is 0 Å². The molecule has 4 aliphatic carbocycles. The van der Waals surface area contributed by atoms with Gasteiger partial charge in [-0.15, -0.1) is 0 Å². The molecule has 0 spiro atoms. The molecule has 1 aromatic heterocycles. The highest BCUT2D eigenvalue weighted by molar-refractivity contribution is 5.93. The van der Waals surface area contributed by atoms with Crippen LogP contribution in [0.4, 0.5) is 0 Å². The number of hydrogen-bond acceptors (Lipinski definition) is 11. The molecule has 50 heavy (non-hydrogen) atoms. The third kappa shape index (κ3) is 5.25. The molecule has 2 saturated carbocycles. The minimum Gasteiger partial charge on any atom is -0.508 e. The van der Waals surface area contributed by atoms with Gasteiger partial charge in [0.05, 0.1) is 0 Å². The fourth-order valence-corrected chi connectivity index (χ4v) is 9.61. The van der Waals surface area contributed by atoms with Gasteiger partial charge in [0, 0.05) is 36.5 Å². The van der Waals surface area contributed by atoms with Crippen LogP contribution in [-0.2, 0) is 19.1 Å². The summed E-state index contributed by atoms with van der Waals surface area (Å²) in [5.41, 5.74) is 0.263. The molecule has 7 rings (SSSR count). The summed E-state index contributed by atoms with van der Waals surface area (Å²) in [6.07, 6.45) is 9.20. The van der Waals surface area contributed by atoms with Crippen LogP contribution in [0.3, 0.4) is 0 Å². The van der Waals surface area contributed by atoms with Gasteiger partial charge in [0.1, 0.15) is 22.5 Å². The molecule has 11 nitrogen and oxygen atoms in total. The highest BCUT2D eigenvalue weighted by Gasteiger charge is 2.67. The Balaban J connectivity index is 0.000000178. The second kappa shape index (κ2) is 12.1. The van der Waals surface area contributed by atoms with Gasteiger partial charge < -0.3 is 34.7 Å². The number of rotatable bonds is 3. The van der Waals surface area contributed by atoms with Crippen molar-refractivity contribution in [3.8, 4) is 40.1 Å². The summed E-state index contributed by atoms with van der Waals surface area (Å²) in [5, 5.41) is 47.6. The van der Waals surface area contributed by atoms with Crippen LogP contribution in [0.25, 0.3) is 22.3 Å². The average Bonchev–Trinajstić information content (AvgIpc) is 3.34. The zero-order valence-electron chi connectivity index (χ0n) is 28.7. The van der Waals surface area contributed by atoms with E-state index in [9.17, 15) is 44.7 Å². The number of hydrogen-bond donors (Lipinski definition) is 5. The highest BCUT2D eigenvalue weighted by atomic mass is 16.6. The summed E-state index contributed by atoms with van der Waals surface area (Å²) in [4.78, 5) is 48.9. The molecule has 2 fully saturated rings. The number of ether oxygens (including phenoxy) is 1. The Hall–Kier alpha value is -5.06. The van der Waals surface area contributed by atoms with Crippen LogP contribution in [0.5, 0.6) is 28.7 Å². The van der Waals surface area contributed by atoms with Gasteiger partial charge in [-0.3, -0.25) is 19.2 Å². The molecule has 0 radical (unpaired) electrons. The minimum absolute atomic E-state index is 0.0160. The number of phenols is 4. The molecule has 0 amide bonds. The number of aromatic hydroxyl groups is 5. The summed E-state index contributed by atoms with van der Waals surface area (Å²) in [6.45, 7) is 9.63. The van der Waals surface area contributed by atoms with Crippen molar-refractivity contribution in [2.45, 2.75) is 78.7 Å². The number of esters is 1. The van der Waals surface area contributed by atoms with Crippen molar-refractivity contribution in [2.24, 2.45) is 28.6 Å². The van der Waals surface area contributed by atoms with Crippen molar-refractivity contribution in [1.82, 2.24) is 0 Å². The maximum Gasteiger partial charge on any atom is 0.303 e. The topological polar surface area (TPSA) is 192 Å². The van der Waals surface area contributed by atoms with Crippen LogP contribution < -0.4 is 5.43 Å². The molecule has 2 aromatic carbocycles. The first kappa shape index (κ1) is 34.8. The van der Waals surface area contributed by atoms with Gasteiger partial charge in [0.2, 0.25) is 11.2 Å². The van der Waals surface area contributed by atoms with Gasteiger partial charge in [0.15, 0.2) is 34.4 Å². The van der Waals surface area contributed by atoms with Crippen LogP contribution in [0.1, 0.15) is 73.1 Å². The maximum atomic E-state index is 12.8. The summed E-state index contributed by atoms with van der Waals surface area (Å²) >= 11 is 0. The number of phenolic OH excluding ortho intramolecular Hbond substituents is 4. The molecule has 0 saturated heterocycles. The molecule has 6 unspecified atom stereocenters. The Morgan fingerprint density at radius 2 is 1.58 bits per heavy atom. The Kier molecular flexibility index (Phi) is 8.40. The van der Waals surface area contributed by atoms with Gasteiger partial charge in [-0.05, 0) is 99.0 Å². The maximum absolute atomic E-state index is 12.8. The predicted octanol–water partition coefficient (Wildman–Crippen LogP) is 6.56. The monoisotopic (exact) mass is 686 g/mol. The van der Waals surface area contributed by atoms with Crippen molar-refractivity contribution in [2.75, 3.05) is 0 Å². The summed E-state index contributed by atoms with van der Waals surface area (Å²) < 4.78 is 11.2. The Morgan fingerprint density at radius 1 is 0.880 bits per heavy atom. The lowest BCUT2D eigenvalue weighted by Crippen LogP contribution is -2.58. The molecule has 1 heterocycles. The second-order valence-electron chi connectivity index (χ2n) is 14.7. The lowest BCUT2D eigenvalue weighted by atomic mass is 9.47. The van der Waals surface area contributed by atoms with E-state index >= 15 is 0 Å². The number of carbonyl (C=O) groups is 3. The number of ketones is 2. The smallest absolute Gasteiger partial charge is 0.303 e. The van der Waals surface area contributed by atoms with E-state index in [4.69, 9.17) is 9.15 Å². The number of carbonyl (C=O) groups excluding carboxylic acids is 3. The molecule has 11 heteroatoms. The van der Waals surface area contributed by atoms with Crippen LogP contribution in [-0.4, -0.2) is 48.7 Å². The second-order valence-corrected chi connectivity index (χ2v) is 14.7. The Labute approximate surface area is 288 Å². The fourth-order valence-electron chi connectivity index (χ4n) is 9.61. The SMILES string of the molecule is CC(=O)OC1(C(C)=O)CCC2C3C=C(C)C4=CC(=O)CCC4(C)C3CCC21C.O=c1c(O)c(-c2ccc(O)c(O)c2)oc2cc(O)cc(O)c12. The van der Waals surface area contributed by atoms with Gasteiger partial charge in [0.25, 0.3) is 0 Å². The highest BCUT2D eigenvalue weighted by Crippen LogP contribution is 2.67. The first-order valence-electron chi connectivity index (χ1n) is 16.8. The summed E-state index contributed by atoms with van der Waals surface area (Å²) in [7, 11) is 0. The first-order chi connectivity index (χ1) is 23.4. The largest absolute Gasteiger partial charge is 0.508 e. The molecule has 6 atom stereocenters. The number of allylic oxidation sites excluding steroid dienone is 4. The van der Waals surface area contributed by atoms with E-state index in [2.05, 4.69) is 26.8 Å². The van der Waals surface area contributed by atoms with E-state index in [1.54, 1.807) is 6.92 Å². The van der Waals surface area contributed by atoms with Crippen molar-refractivity contribution in [3.63, 3.8) is 0 Å². The molecule has 4 aliphatic rings. The van der Waals surface area contributed by atoms with Gasteiger partial charge >= 0.3 is 5.97 Å². The van der Waals surface area contributed by atoms with E-state index in [1.165, 1.54) is 24.1 Å². The van der Waals surface area contributed by atoms with Crippen LogP contribution in [0, 0.1) is 28.6 Å².